The molecule has 0 aliphatic heterocycles. The maximum Gasteiger partial charge on any atom is 0.264 e. The SMILES string of the molecule is COc1ccc(S(=O)(=O)N(CC(=O)N(Cc2ccccc2C)[C@@H](C)C(=O)NCC(C)C)c2ccc(C)cc2)cc1. The lowest BCUT2D eigenvalue weighted by Crippen LogP contribution is -2.51. The van der Waals surface area contributed by atoms with E-state index in [1.807, 2.05) is 52.0 Å². The van der Waals surface area contributed by atoms with Gasteiger partial charge in [-0.1, -0.05) is 55.8 Å². The molecule has 1 N–H and O–H groups in total. The molecule has 1 atom stereocenters. The number of benzene rings is 3. The van der Waals surface area contributed by atoms with E-state index in [1.54, 1.807) is 43.3 Å². The van der Waals surface area contributed by atoms with Crippen LogP contribution in [0.1, 0.15) is 37.5 Å². The van der Waals surface area contributed by atoms with E-state index in [4.69, 9.17) is 4.74 Å². The lowest BCUT2D eigenvalue weighted by molar-refractivity contribution is -0.139. The Labute approximate surface area is 238 Å². The van der Waals surface area contributed by atoms with E-state index in [2.05, 4.69) is 5.32 Å². The van der Waals surface area contributed by atoms with Gasteiger partial charge in [-0.15, -0.1) is 0 Å². The summed E-state index contributed by atoms with van der Waals surface area (Å²) in [5, 5.41) is 2.90. The lowest BCUT2D eigenvalue weighted by Gasteiger charge is -2.32. The van der Waals surface area contributed by atoms with E-state index < -0.39 is 28.5 Å². The Morgan fingerprint density at radius 2 is 1.52 bits per heavy atom. The number of hydrogen-bond acceptors (Lipinski definition) is 5. The Balaban J connectivity index is 2.02. The van der Waals surface area contributed by atoms with Gasteiger partial charge in [-0.3, -0.25) is 13.9 Å². The van der Waals surface area contributed by atoms with Crippen LogP contribution in [-0.4, -0.2) is 51.4 Å². The summed E-state index contributed by atoms with van der Waals surface area (Å²) < 4.78 is 34.1. The molecule has 0 aromatic heterocycles. The highest BCUT2D eigenvalue weighted by Gasteiger charge is 2.32. The van der Waals surface area contributed by atoms with Crippen LogP contribution >= 0.6 is 0 Å². The molecule has 3 aromatic carbocycles. The maximum absolute atomic E-state index is 14.0. The second-order valence-corrected chi connectivity index (χ2v) is 12.1. The van der Waals surface area contributed by atoms with Crippen molar-refractivity contribution in [3.63, 3.8) is 0 Å². The summed E-state index contributed by atoms with van der Waals surface area (Å²) in [5.41, 5.74) is 3.15. The second kappa shape index (κ2) is 13.5. The van der Waals surface area contributed by atoms with Crippen LogP contribution in [0, 0.1) is 19.8 Å². The first-order valence-electron chi connectivity index (χ1n) is 13.3. The van der Waals surface area contributed by atoms with Crippen LogP contribution in [0.4, 0.5) is 5.69 Å². The number of rotatable bonds is 12. The van der Waals surface area contributed by atoms with Gasteiger partial charge in [0.1, 0.15) is 18.3 Å². The van der Waals surface area contributed by atoms with Crippen LogP contribution in [0.15, 0.2) is 77.7 Å². The number of carbonyl (C=O) groups excluding carboxylic acids is 2. The first kappa shape index (κ1) is 30.7. The fourth-order valence-electron chi connectivity index (χ4n) is 4.12. The molecule has 8 nitrogen and oxygen atoms in total. The van der Waals surface area contributed by atoms with Crippen molar-refractivity contribution >= 4 is 27.5 Å². The summed E-state index contributed by atoms with van der Waals surface area (Å²) in [7, 11) is -2.64. The predicted octanol–water partition coefficient (Wildman–Crippen LogP) is 4.70. The van der Waals surface area contributed by atoms with Gasteiger partial charge in [-0.2, -0.15) is 0 Å². The van der Waals surface area contributed by atoms with Crippen molar-refractivity contribution in [3.8, 4) is 5.75 Å². The van der Waals surface area contributed by atoms with Crippen LogP contribution in [-0.2, 0) is 26.2 Å². The van der Waals surface area contributed by atoms with Gasteiger partial charge < -0.3 is 15.0 Å². The summed E-state index contributed by atoms with van der Waals surface area (Å²) in [5.74, 6) is -0.0328. The smallest absolute Gasteiger partial charge is 0.264 e. The van der Waals surface area contributed by atoms with Crippen LogP contribution < -0.4 is 14.4 Å². The zero-order valence-corrected chi connectivity index (χ0v) is 24.9. The molecule has 0 radical (unpaired) electrons. The van der Waals surface area contributed by atoms with Gasteiger partial charge in [-0.05, 0) is 74.2 Å². The fraction of sp³-hybridized carbons (Fsp3) is 0.355. The first-order chi connectivity index (χ1) is 18.9. The molecule has 0 unspecified atom stereocenters. The van der Waals surface area contributed by atoms with Gasteiger partial charge in [-0.25, -0.2) is 8.42 Å². The standard InChI is InChI=1S/C31H39N3O5S/c1-22(2)19-32-31(36)25(5)33(20-26-10-8-7-9-24(26)4)30(35)21-34(27-13-11-23(3)12-14-27)40(37,38)29-17-15-28(39-6)16-18-29/h7-18,22,25H,19-21H2,1-6H3,(H,32,36)/t25-/m0/s1. The number of nitrogens with zero attached hydrogens (tertiary/aromatic N) is 2. The van der Waals surface area contributed by atoms with Crippen molar-refractivity contribution in [1.82, 2.24) is 10.2 Å². The molecule has 0 fully saturated rings. The van der Waals surface area contributed by atoms with Crippen molar-refractivity contribution < 1.29 is 22.7 Å². The van der Waals surface area contributed by atoms with Crippen molar-refractivity contribution in [1.29, 1.82) is 0 Å². The molecule has 3 rings (SSSR count). The highest BCUT2D eigenvalue weighted by atomic mass is 32.2. The summed E-state index contributed by atoms with van der Waals surface area (Å²) in [4.78, 5) is 28.6. The lowest BCUT2D eigenvalue weighted by atomic mass is 10.1. The monoisotopic (exact) mass is 565 g/mol. The van der Waals surface area contributed by atoms with E-state index >= 15 is 0 Å². The zero-order valence-electron chi connectivity index (χ0n) is 24.0. The minimum absolute atomic E-state index is 0.0230. The quantitative estimate of drug-likeness (QED) is 0.344. The molecular weight excluding hydrogens is 526 g/mol. The number of nitrogens with one attached hydrogen (secondary N) is 1. The zero-order chi connectivity index (χ0) is 29.4. The number of hydrogen-bond donors (Lipinski definition) is 1. The molecule has 0 saturated carbocycles. The number of carbonyl (C=O) groups is 2. The Kier molecular flexibility index (Phi) is 10.3. The van der Waals surface area contributed by atoms with Gasteiger partial charge >= 0.3 is 0 Å². The molecule has 0 heterocycles. The van der Waals surface area contributed by atoms with Crippen molar-refractivity contribution in [2.24, 2.45) is 5.92 Å². The van der Waals surface area contributed by atoms with Crippen LogP contribution in [0.2, 0.25) is 0 Å². The van der Waals surface area contributed by atoms with E-state index in [9.17, 15) is 18.0 Å². The third-order valence-corrected chi connectivity index (χ3v) is 8.49. The third kappa shape index (κ3) is 7.63. The Morgan fingerprint density at radius 1 is 0.900 bits per heavy atom. The Morgan fingerprint density at radius 3 is 2.10 bits per heavy atom. The van der Waals surface area contributed by atoms with Crippen LogP contribution in [0.5, 0.6) is 5.75 Å². The van der Waals surface area contributed by atoms with Gasteiger partial charge in [0.15, 0.2) is 0 Å². The summed E-state index contributed by atoms with van der Waals surface area (Å²) in [6.45, 7) is 9.64. The Hall–Kier alpha value is -3.85. The molecule has 9 heteroatoms. The van der Waals surface area contributed by atoms with Crippen molar-refractivity contribution in [3.05, 3.63) is 89.5 Å². The van der Waals surface area contributed by atoms with Gasteiger partial charge in [0.05, 0.1) is 17.7 Å². The maximum atomic E-state index is 14.0. The third-order valence-electron chi connectivity index (χ3n) is 6.70. The average Bonchev–Trinajstić information content (AvgIpc) is 2.94. The summed E-state index contributed by atoms with van der Waals surface area (Å²) in [6.07, 6.45) is 0. The topological polar surface area (TPSA) is 96.0 Å². The van der Waals surface area contributed by atoms with Crippen molar-refractivity contribution in [2.45, 2.75) is 52.1 Å². The van der Waals surface area contributed by atoms with Crippen LogP contribution in [0.3, 0.4) is 0 Å². The fourth-order valence-corrected chi connectivity index (χ4v) is 5.53. The molecule has 0 saturated heterocycles. The molecule has 0 aliphatic carbocycles. The molecule has 0 aliphatic rings. The minimum atomic E-state index is -4.14. The predicted molar refractivity (Wildman–Crippen MR) is 158 cm³/mol. The summed E-state index contributed by atoms with van der Waals surface area (Å²) in [6, 6.07) is 19.8. The van der Waals surface area contributed by atoms with Gasteiger partial charge in [0.2, 0.25) is 11.8 Å². The number of anilines is 1. The largest absolute Gasteiger partial charge is 0.497 e. The Bertz CT molecular complexity index is 1400. The van der Waals surface area contributed by atoms with E-state index in [0.717, 1.165) is 21.0 Å². The van der Waals surface area contributed by atoms with E-state index in [1.165, 1.54) is 24.1 Å². The van der Waals surface area contributed by atoms with E-state index in [0.29, 0.717) is 18.0 Å². The highest BCUT2D eigenvalue weighted by molar-refractivity contribution is 7.92. The van der Waals surface area contributed by atoms with Crippen LogP contribution in [0.25, 0.3) is 0 Å². The number of methoxy groups -OCH3 is 1. The second-order valence-electron chi connectivity index (χ2n) is 10.3. The molecule has 40 heavy (non-hydrogen) atoms. The molecule has 0 spiro atoms. The number of amides is 2. The van der Waals surface area contributed by atoms with Crippen molar-refractivity contribution in [2.75, 3.05) is 24.5 Å². The molecule has 3 aromatic rings. The van der Waals surface area contributed by atoms with Gasteiger partial charge in [0.25, 0.3) is 10.0 Å². The van der Waals surface area contributed by atoms with E-state index in [-0.39, 0.29) is 23.3 Å². The average molecular weight is 566 g/mol. The van der Waals surface area contributed by atoms with Gasteiger partial charge in [0, 0.05) is 13.1 Å². The molecule has 0 bridgehead atoms. The number of ether oxygens (including phenoxy) is 1. The minimum Gasteiger partial charge on any atom is -0.497 e. The molecule has 2 amide bonds. The number of sulfonamides is 1. The summed E-state index contributed by atoms with van der Waals surface area (Å²) >= 11 is 0. The number of aryl methyl sites for hydroxylation is 2. The molecular formula is C31H39N3O5S. The highest BCUT2D eigenvalue weighted by Crippen LogP contribution is 2.26. The normalized spacial score (nSPS) is 12.1. The molecule has 214 valence electrons. The first-order valence-corrected chi connectivity index (χ1v) is 14.7.